The molecule has 2 N–H and O–H groups in total. The van der Waals surface area contributed by atoms with Crippen LogP contribution in [0.15, 0.2) is 12.7 Å². The minimum Gasteiger partial charge on any atom is -0.457 e. The zero-order valence-corrected chi connectivity index (χ0v) is 7.26. The van der Waals surface area contributed by atoms with Gasteiger partial charge in [0.15, 0.2) is 0 Å². The Morgan fingerprint density at radius 3 is 2.45 bits per heavy atom. The monoisotopic (exact) mass is 157 g/mol. The van der Waals surface area contributed by atoms with Gasteiger partial charge in [-0.1, -0.05) is 12.7 Å². The van der Waals surface area contributed by atoms with E-state index in [2.05, 4.69) is 6.58 Å². The number of carbonyl (C=O) groups is 1. The lowest BCUT2D eigenvalue weighted by atomic mass is 10.1. The molecule has 0 heterocycles. The molecule has 1 unspecified atom stereocenters. The van der Waals surface area contributed by atoms with Crippen LogP contribution in [0.2, 0.25) is 0 Å². The van der Waals surface area contributed by atoms with Gasteiger partial charge in [0.05, 0.1) is 0 Å². The summed E-state index contributed by atoms with van der Waals surface area (Å²) in [6, 6.07) is 0. The van der Waals surface area contributed by atoms with Gasteiger partial charge >= 0.3 is 5.97 Å². The number of nitrogens with two attached hydrogens (primary N) is 1. The molecule has 0 fully saturated rings. The smallest absolute Gasteiger partial charge is 0.326 e. The van der Waals surface area contributed by atoms with Crippen molar-refractivity contribution in [3.05, 3.63) is 12.7 Å². The van der Waals surface area contributed by atoms with Crippen LogP contribution < -0.4 is 5.73 Å². The molecular weight excluding hydrogens is 142 g/mol. The van der Waals surface area contributed by atoms with Gasteiger partial charge < -0.3 is 10.5 Å². The van der Waals surface area contributed by atoms with E-state index in [0.717, 1.165) is 0 Å². The van der Waals surface area contributed by atoms with Crippen LogP contribution in [0.1, 0.15) is 20.8 Å². The van der Waals surface area contributed by atoms with E-state index in [-0.39, 0.29) is 6.10 Å². The van der Waals surface area contributed by atoms with Crippen molar-refractivity contribution in [2.45, 2.75) is 32.4 Å². The third kappa shape index (κ3) is 3.78. The minimum absolute atomic E-state index is 0.273. The van der Waals surface area contributed by atoms with Gasteiger partial charge in [0.2, 0.25) is 0 Å². The largest absolute Gasteiger partial charge is 0.457 e. The normalized spacial score (nSPS) is 13.8. The predicted octanol–water partition coefficient (Wildman–Crippen LogP) is 0.841. The molecule has 11 heavy (non-hydrogen) atoms. The van der Waals surface area contributed by atoms with Gasteiger partial charge in [-0.15, -0.1) is 0 Å². The fraction of sp³-hybridized carbons (Fsp3) is 0.625. The van der Waals surface area contributed by atoms with Gasteiger partial charge in [-0.3, -0.25) is 4.79 Å². The van der Waals surface area contributed by atoms with Crippen molar-refractivity contribution in [3.63, 3.8) is 0 Å². The lowest BCUT2D eigenvalue weighted by Gasteiger charge is -2.18. The number of carbonyl (C=O) groups excluding carboxylic acids is 1. The molecule has 0 saturated carbocycles. The molecule has 0 bridgehead atoms. The first-order valence-electron chi connectivity index (χ1n) is 3.50. The Balaban J connectivity index is 3.98. The van der Waals surface area contributed by atoms with Crippen LogP contribution in [0.5, 0.6) is 0 Å². The number of hydrogen-bond acceptors (Lipinski definition) is 3. The van der Waals surface area contributed by atoms with Crippen LogP contribution in [0.4, 0.5) is 0 Å². The highest BCUT2D eigenvalue weighted by molar-refractivity contribution is 5.79. The topological polar surface area (TPSA) is 52.3 Å². The molecule has 0 aromatic rings. The summed E-state index contributed by atoms with van der Waals surface area (Å²) in [7, 11) is 0. The molecule has 0 aliphatic heterocycles. The Kier molecular flexibility index (Phi) is 3.26. The van der Waals surface area contributed by atoms with Crippen LogP contribution >= 0.6 is 0 Å². The number of hydrogen-bond donors (Lipinski definition) is 1. The first-order chi connectivity index (χ1) is 4.88. The lowest BCUT2D eigenvalue weighted by Crippen LogP contribution is -2.43. The molecule has 3 nitrogen and oxygen atoms in total. The Bertz CT molecular complexity index is 158. The Hall–Kier alpha value is -0.830. The van der Waals surface area contributed by atoms with Crippen molar-refractivity contribution < 1.29 is 9.53 Å². The summed E-state index contributed by atoms with van der Waals surface area (Å²) >= 11 is 0. The summed E-state index contributed by atoms with van der Waals surface area (Å²) < 4.78 is 4.88. The molecule has 0 aromatic heterocycles. The molecule has 3 heteroatoms. The van der Waals surface area contributed by atoms with E-state index in [4.69, 9.17) is 10.5 Å². The van der Waals surface area contributed by atoms with Crippen LogP contribution in [-0.4, -0.2) is 17.6 Å². The molecule has 0 radical (unpaired) electrons. The minimum atomic E-state index is -0.919. The highest BCUT2D eigenvalue weighted by Gasteiger charge is 2.24. The van der Waals surface area contributed by atoms with E-state index in [0.29, 0.717) is 0 Å². The molecule has 64 valence electrons. The van der Waals surface area contributed by atoms with Gasteiger partial charge in [-0.2, -0.15) is 0 Å². The molecule has 0 aromatic carbocycles. The fourth-order valence-corrected chi connectivity index (χ4v) is 0.369. The van der Waals surface area contributed by atoms with E-state index in [9.17, 15) is 4.79 Å². The third-order valence-electron chi connectivity index (χ3n) is 1.15. The van der Waals surface area contributed by atoms with Crippen LogP contribution in [0.25, 0.3) is 0 Å². The second-order valence-corrected chi connectivity index (χ2v) is 3.07. The summed E-state index contributed by atoms with van der Waals surface area (Å²) in [6.45, 7) is 8.42. The van der Waals surface area contributed by atoms with E-state index in [1.165, 1.54) is 0 Å². The summed E-state index contributed by atoms with van der Waals surface area (Å²) in [6.07, 6.45) is 1.27. The highest BCUT2D eigenvalue weighted by Crippen LogP contribution is 2.03. The number of rotatable bonds is 3. The van der Waals surface area contributed by atoms with E-state index in [1.807, 2.05) is 0 Å². The first-order valence-corrected chi connectivity index (χ1v) is 3.50. The zero-order chi connectivity index (χ0) is 9.07. The molecule has 0 amide bonds. The fourth-order valence-electron chi connectivity index (χ4n) is 0.369. The van der Waals surface area contributed by atoms with Crippen molar-refractivity contribution in [1.82, 2.24) is 0 Å². The van der Waals surface area contributed by atoms with Gasteiger partial charge in [0, 0.05) is 0 Å². The summed E-state index contributed by atoms with van der Waals surface area (Å²) in [4.78, 5) is 11.0. The molecule has 0 rings (SSSR count). The van der Waals surface area contributed by atoms with E-state index >= 15 is 0 Å². The van der Waals surface area contributed by atoms with Crippen molar-refractivity contribution in [2.24, 2.45) is 5.73 Å². The maximum atomic E-state index is 11.0. The average molecular weight is 157 g/mol. The van der Waals surface area contributed by atoms with Crippen LogP contribution in [0, 0.1) is 0 Å². The SMILES string of the molecule is C=CC(C)OC(=O)C(C)(C)N. The third-order valence-corrected chi connectivity index (χ3v) is 1.15. The van der Waals surface area contributed by atoms with Crippen molar-refractivity contribution in [3.8, 4) is 0 Å². The van der Waals surface area contributed by atoms with Gasteiger partial charge in [-0.25, -0.2) is 0 Å². The van der Waals surface area contributed by atoms with E-state index in [1.54, 1.807) is 26.8 Å². The molecule has 0 saturated heterocycles. The van der Waals surface area contributed by atoms with Crippen LogP contribution in [0.3, 0.4) is 0 Å². The van der Waals surface area contributed by atoms with Crippen molar-refractivity contribution >= 4 is 5.97 Å². The van der Waals surface area contributed by atoms with E-state index < -0.39 is 11.5 Å². The van der Waals surface area contributed by atoms with Crippen molar-refractivity contribution in [2.75, 3.05) is 0 Å². The average Bonchev–Trinajstić information content (AvgIpc) is 1.85. The Labute approximate surface area is 67.2 Å². The van der Waals surface area contributed by atoms with Crippen molar-refractivity contribution in [1.29, 1.82) is 0 Å². The van der Waals surface area contributed by atoms with Gasteiger partial charge in [-0.05, 0) is 20.8 Å². The Morgan fingerprint density at radius 1 is 1.73 bits per heavy atom. The second-order valence-electron chi connectivity index (χ2n) is 3.07. The second kappa shape index (κ2) is 3.53. The molecule has 0 aliphatic carbocycles. The predicted molar refractivity (Wildman–Crippen MR) is 44.0 cm³/mol. The number of esters is 1. The number of ether oxygens (including phenoxy) is 1. The standard InChI is InChI=1S/C8H15NO2/c1-5-6(2)11-7(10)8(3,4)9/h5-6H,1,9H2,2-4H3. The first kappa shape index (κ1) is 10.2. The molecular formula is C8H15NO2. The Morgan fingerprint density at radius 2 is 2.18 bits per heavy atom. The quantitative estimate of drug-likeness (QED) is 0.488. The van der Waals surface area contributed by atoms with Crippen LogP contribution in [-0.2, 0) is 9.53 Å². The van der Waals surface area contributed by atoms with Gasteiger partial charge in [0.1, 0.15) is 11.6 Å². The maximum Gasteiger partial charge on any atom is 0.326 e. The highest BCUT2D eigenvalue weighted by atomic mass is 16.5. The molecule has 0 spiro atoms. The molecule has 1 atom stereocenters. The molecule has 0 aliphatic rings. The lowest BCUT2D eigenvalue weighted by molar-refractivity contribution is -0.151. The summed E-state index contributed by atoms with van der Waals surface area (Å²) in [5, 5.41) is 0. The summed E-state index contributed by atoms with van der Waals surface area (Å²) in [5.41, 5.74) is 4.55. The maximum absolute atomic E-state index is 11.0. The zero-order valence-electron chi connectivity index (χ0n) is 7.26. The summed E-state index contributed by atoms with van der Waals surface area (Å²) in [5.74, 6) is -0.412. The van der Waals surface area contributed by atoms with Gasteiger partial charge in [0.25, 0.3) is 0 Å².